The van der Waals surface area contributed by atoms with Crippen LogP contribution in [0.3, 0.4) is 0 Å². The van der Waals surface area contributed by atoms with E-state index in [1.807, 2.05) is 0 Å². The molecule has 17 heavy (non-hydrogen) atoms. The fourth-order valence-corrected chi connectivity index (χ4v) is 1.99. The summed E-state index contributed by atoms with van der Waals surface area (Å²) < 4.78 is 16.1. The summed E-state index contributed by atoms with van der Waals surface area (Å²) in [4.78, 5) is 0. The summed E-state index contributed by atoms with van der Waals surface area (Å²) in [6.07, 6.45) is 0. The summed E-state index contributed by atoms with van der Waals surface area (Å²) in [5.74, 6) is 1.52. The van der Waals surface area contributed by atoms with E-state index in [0.717, 1.165) is 10.0 Å². The van der Waals surface area contributed by atoms with E-state index in [1.54, 1.807) is 32.4 Å². The molecule has 2 aromatic rings. The summed E-state index contributed by atoms with van der Waals surface area (Å²) in [6, 6.07) is 5.26. The summed E-state index contributed by atoms with van der Waals surface area (Å²) >= 11 is 3.44. The molecule has 5 nitrogen and oxygen atoms in total. The Morgan fingerprint density at radius 2 is 1.82 bits per heavy atom. The highest BCUT2D eigenvalue weighted by atomic mass is 79.9. The number of ether oxygens (including phenoxy) is 2. The van der Waals surface area contributed by atoms with Gasteiger partial charge < -0.3 is 19.7 Å². The quantitative estimate of drug-likeness (QED) is 0.943. The number of rotatable bonds is 3. The Hall–Kier alpha value is -1.69. The third kappa shape index (κ3) is 2.21. The number of benzene rings is 1. The fourth-order valence-electron chi connectivity index (χ4n) is 1.47. The van der Waals surface area contributed by atoms with Crippen molar-refractivity contribution in [3.8, 4) is 22.8 Å². The highest BCUT2D eigenvalue weighted by Gasteiger charge is 2.13. The number of nitrogen functional groups attached to an aromatic ring is 1. The molecule has 0 spiro atoms. The zero-order valence-electron chi connectivity index (χ0n) is 9.36. The smallest absolute Gasteiger partial charge is 0.222 e. The standard InChI is InChI=1S/C11H11BrN2O3/c1-15-9-3-6(7(12)4-10(9)16-2)8-5-11(13)17-14-8/h3-5H,13H2,1-2H3. The minimum absolute atomic E-state index is 0.265. The first-order valence-electron chi connectivity index (χ1n) is 4.79. The van der Waals surface area contributed by atoms with Gasteiger partial charge in [-0.05, 0) is 28.1 Å². The molecule has 1 heterocycles. The van der Waals surface area contributed by atoms with E-state index >= 15 is 0 Å². The molecule has 2 rings (SSSR count). The van der Waals surface area contributed by atoms with Crippen LogP contribution < -0.4 is 15.2 Å². The molecule has 0 fully saturated rings. The van der Waals surface area contributed by atoms with Crippen LogP contribution in [0.1, 0.15) is 0 Å². The van der Waals surface area contributed by atoms with Crippen molar-refractivity contribution in [2.45, 2.75) is 0 Å². The van der Waals surface area contributed by atoms with Crippen LogP contribution in [-0.4, -0.2) is 19.4 Å². The van der Waals surface area contributed by atoms with Gasteiger partial charge >= 0.3 is 0 Å². The average molecular weight is 299 g/mol. The molecule has 6 heteroatoms. The summed E-state index contributed by atoms with van der Waals surface area (Å²) in [6.45, 7) is 0. The number of aromatic nitrogens is 1. The van der Waals surface area contributed by atoms with E-state index in [2.05, 4.69) is 21.1 Å². The van der Waals surface area contributed by atoms with Gasteiger partial charge in [0.1, 0.15) is 5.69 Å². The van der Waals surface area contributed by atoms with Crippen LogP contribution in [0.25, 0.3) is 11.3 Å². The molecule has 0 aliphatic carbocycles. The van der Waals surface area contributed by atoms with Crippen molar-refractivity contribution >= 4 is 21.8 Å². The molecule has 0 radical (unpaired) electrons. The Labute approximate surface area is 107 Å². The van der Waals surface area contributed by atoms with Crippen molar-refractivity contribution in [2.24, 2.45) is 0 Å². The van der Waals surface area contributed by atoms with E-state index in [4.69, 9.17) is 19.7 Å². The second kappa shape index (κ2) is 4.67. The third-order valence-electron chi connectivity index (χ3n) is 2.28. The number of anilines is 1. The zero-order valence-corrected chi connectivity index (χ0v) is 10.9. The van der Waals surface area contributed by atoms with Gasteiger partial charge in [-0.2, -0.15) is 0 Å². The molecule has 90 valence electrons. The molecule has 0 amide bonds. The average Bonchev–Trinajstić information content (AvgIpc) is 2.75. The Balaban J connectivity index is 2.55. The van der Waals surface area contributed by atoms with Crippen LogP contribution in [0.2, 0.25) is 0 Å². The fraction of sp³-hybridized carbons (Fsp3) is 0.182. The Kier molecular flexibility index (Phi) is 3.23. The van der Waals surface area contributed by atoms with Gasteiger partial charge in [-0.1, -0.05) is 5.16 Å². The van der Waals surface area contributed by atoms with Crippen molar-refractivity contribution < 1.29 is 14.0 Å². The van der Waals surface area contributed by atoms with Crippen LogP contribution in [-0.2, 0) is 0 Å². The van der Waals surface area contributed by atoms with Gasteiger partial charge in [0.2, 0.25) is 5.88 Å². The maximum absolute atomic E-state index is 5.49. The van der Waals surface area contributed by atoms with Gasteiger partial charge in [0.15, 0.2) is 11.5 Å². The number of halogens is 1. The normalized spacial score (nSPS) is 10.3. The second-order valence-electron chi connectivity index (χ2n) is 3.30. The van der Waals surface area contributed by atoms with Gasteiger partial charge in [-0.3, -0.25) is 0 Å². The molecular weight excluding hydrogens is 288 g/mol. The molecule has 0 saturated heterocycles. The molecule has 1 aromatic carbocycles. The molecule has 0 atom stereocenters. The van der Waals surface area contributed by atoms with E-state index in [1.165, 1.54) is 0 Å². The molecule has 0 saturated carbocycles. The van der Waals surface area contributed by atoms with Crippen molar-refractivity contribution in [1.82, 2.24) is 5.16 Å². The molecule has 0 unspecified atom stereocenters. The Morgan fingerprint density at radius 1 is 1.18 bits per heavy atom. The Morgan fingerprint density at radius 3 is 2.35 bits per heavy atom. The van der Waals surface area contributed by atoms with Crippen molar-refractivity contribution in [2.75, 3.05) is 20.0 Å². The van der Waals surface area contributed by atoms with E-state index in [-0.39, 0.29) is 5.88 Å². The monoisotopic (exact) mass is 298 g/mol. The summed E-state index contributed by atoms with van der Waals surface area (Å²) in [5.41, 5.74) is 6.95. The van der Waals surface area contributed by atoms with Gasteiger partial charge in [0, 0.05) is 16.1 Å². The van der Waals surface area contributed by atoms with Crippen LogP contribution in [0.15, 0.2) is 27.2 Å². The van der Waals surface area contributed by atoms with Crippen LogP contribution in [0, 0.1) is 0 Å². The lowest BCUT2D eigenvalue weighted by Gasteiger charge is -2.10. The largest absolute Gasteiger partial charge is 0.493 e. The van der Waals surface area contributed by atoms with Crippen LogP contribution in [0.4, 0.5) is 5.88 Å². The van der Waals surface area contributed by atoms with E-state index in [0.29, 0.717) is 17.2 Å². The topological polar surface area (TPSA) is 70.5 Å². The van der Waals surface area contributed by atoms with Crippen LogP contribution >= 0.6 is 15.9 Å². The van der Waals surface area contributed by atoms with Crippen molar-refractivity contribution in [3.63, 3.8) is 0 Å². The SMILES string of the molecule is COc1cc(Br)c(-c2cc(N)on2)cc1OC. The molecule has 0 aliphatic rings. The van der Waals surface area contributed by atoms with Gasteiger partial charge in [0.05, 0.1) is 14.2 Å². The first-order chi connectivity index (χ1) is 8.15. The highest BCUT2D eigenvalue weighted by molar-refractivity contribution is 9.10. The lowest BCUT2D eigenvalue weighted by Crippen LogP contribution is -1.92. The lowest BCUT2D eigenvalue weighted by molar-refractivity contribution is 0.355. The lowest BCUT2D eigenvalue weighted by atomic mass is 10.1. The molecule has 0 bridgehead atoms. The first kappa shape index (κ1) is 11.8. The summed E-state index contributed by atoms with van der Waals surface area (Å²) in [7, 11) is 3.16. The predicted octanol–water partition coefficient (Wildman–Crippen LogP) is 2.70. The maximum Gasteiger partial charge on any atom is 0.222 e. The van der Waals surface area contributed by atoms with E-state index in [9.17, 15) is 0 Å². The summed E-state index contributed by atoms with van der Waals surface area (Å²) in [5, 5.41) is 3.85. The minimum atomic E-state index is 0.265. The number of nitrogens with two attached hydrogens (primary N) is 1. The van der Waals surface area contributed by atoms with Gasteiger partial charge in [-0.15, -0.1) is 0 Å². The molecule has 1 aromatic heterocycles. The number of hydrogen-bond donors (Lipinski definition) is 1. The van der Waals surface area contributed by atoms with E-state index < -0.39 is 0 Å². The molecule has 0 aliphatic heterocycles. The number of methoxy groups -OCH3 is 2. The maximum atomic E-state index is 5.49. The highest BCUT2D eigenvalue weighted by Crippen LogP contribution is 2.38. The second-order valence-corrected chi connectivity index (χ2v) is 4.16. The van der Waals surface area contributed by atoms with Gasteiger partial charge in [0.25, 0.3) is 0 Å². The number of nitrogens with zero attached hydrogens (tertiary/aromatic N) is 1. The zero-order chi connectivity index (χ0) is 12.4. The first-order valence-corrected chi connectivity index (χ1v) is 5.59. The number of hydrogen-bond acceptors (Lipinski definition) is 5. The molecular formula is C11H11BrN2O3. The van der Waals surface area contributed by atoms with Crippen molar-refractivity contribution in [1.29, 1.82) is 0 Å². The van der Waals surface area contributed by atoms with Gasteiger partial charge in [-0.25, -0.2) is 0 Å². The van der Waals surface area contributed by atoms with Crippen LogP contribution in [0.5, 0.6) is 11.5 Å². The molecule has 2 N–H and O–H groups in total. The third-order valence-corrected chi connectivity index (χ3v) is 2.93. The predicted molar refractivity (Wildman–Crippen MR) is 67.2 cm³/mol. The Bertz CT molecular complexity index is 540. The van der Waals surface area contributed by atoms with Crippen molar-refractivity contribution in [3.05, 3.63) is 22.7 Å². The minimum Gasteiger partial charge on any atom is -0.493 e.